The molecule has 1 aliphatic heterocycles. The van der Waals surface area contributed by atoms with Crippen LogP contribution in [-0.2, 0) is 13.1 Å². The van der Waals surface area contributed by atoms with E-state index < -0.39 is 0 Å². The van der Waals surface area contributed by atoms with Gasteiger partial charge in [-0.2, -0.15) is 0 Å². The highest BCUT2D eigenvalue weighted by Gasteiger charge is 2.33. The van der Waals surface area contributed by atoms with Crippen molar-refractivity contribution in [1.29, 1.82) is 0 Å². The van der Waals surface area contributed by atoms with Crippen LogP contribution < -0.4 is 0 Å². The maximum Gasteiger partial charge on any atom is 0.243 e. The van der Waals surface area contributed by atoms with Crippen molar-refractivity contribution >= 4 is 28.3 Å². The number of benzene rings is 1. The van der Waals surface area contributed by atoms with Crippen LogP contribution in [0.3, 0.4) is 0 Å². The molecule has 4 aromatic heterocycles. The Labute approximate surface area is 196 Å². The molecule has 8 heteroatoms. The summed E-state index contributed by atoms with van der Waals surface area (Å²) in [6, 6.07) is 12.5. The summed E-state index contributed by atoms with van der Waals surface area (Å²) in [7, 11) is 0. The molecular weight excluding hydrogens is 436 g/mol. The third-order valence-corrected chi connectivity index (χ3v) is 6.54. The van der Waals surface area contributed by atoms with Crippen LogP contribution in [0.5, 0.6) is 0 Å². The van der Waals surface area contributed by atoms with Crippen LogP contribution in [0.2, 0.25) is 5.02 Å². The molecule has 33 heavy (non-hydrogen) atoms. The molecule has 0 amide bonds. The molecular formula is C25H25ClN6O. The lowest BCUT2D eigenvalue weighted by Gasteiger charge is -2.46. The van der Waals surface area contributed by atoms with E-state index in [9.17, 15) is 0 Å². The second-order valence-corrected chi connectivity index (χ2v) is 10.2. The van der Waals surface area contributed by atoms with Crippen molar-refractivity contribution < 1.29 is 4.42 Å². The molecule has 1 aromatic carbocycles. The van der Waals surface area contributed by atoms with Crippen molar-refractivity contribution in [2.75, 3.05) is 13.1 Å². The van der Waals surface area contributed by atoms with E-state index in [1.54, 1.807) is 12.5 Å². The molecule has 0 saturated carbocycles. The second kappa shape index (κ2) is 7.43. The smallest absolute Gasteiger partial charge is 0.243 e. The summed E-state index contributed by atoms with van der Waals surface area (Å²) in [4.78, 5) is 6.88. The first kappa shape index (κ1) is 20.4. The number of hydrogen-bond acceptors (Lipinski definition) is 5. The van der Waals surface area contributed by atoms with E-state index in [2.05, 4.69) is 67.2 Å². The molecule has 168 valence electrons. The summed E-state index contributed by atoms with van der Waals surface area (Å²) in [6.07, 6.45) is 3.27. The molecule has 0 N–H and O–H groups in total. The van der Waals surface area contributed by atoms with Crippen LogP contribution in [-0.4, -0.2) is 42.1 Å². The van der Waals surface area contributed by atoms with Gasteiger partial charge in [-0.3, -0.25) is 9.30 Å². The monoisotopic (exact) mass is 460 g/mol. The molecule has 6 rings (SSSR count). The van der Waals surface area contributed by atoms with Gasteiger partial charge in [0.05, 0.1) is 17.2 Å². The normalized spacial score (nSPS) is 16.0. The lowest BCUT2D eigenvalue weighted by atomic mass is 9.84. The second-order valence-electron chi connectivity index (χ2n) is 9.77. The number of aryl methyl sites for hydroxylation is 1. The highest BCUT2D eigenvalue weighted by molar-refractivity contribution is 6.30. The Morgan fingerprint density at radius 1 is 1.00 bits per heavy atom. The molecule has 0 aliphatic carbocycles. The summed E-state index contributed by atoms with van der Waals surface area (Å²) < 4.78 is 9.98. The molecule has 5 heterocycles. The number of pyridine rings is 1. The largest absolute Gasteiger partial charge is 0.443 e. The predicted octanol–water partition coefficient (Wildman–Crippen LogP) is 5.19. The van der Waals surface area contributed by atoms with Gasteiger partial charge in [-0.1, -0.05) is 31.5 Å². The molecule has 1 saturated heterocycles. The zero-order valence-corrected chi connectivity index (χ0v) is 19.7. The third-order valence-electron chi connectivity index (χ3n) is 6.32. The topological polar surface area (TPSA) is 64.4 Å². The summed E-state index contributed by atoms with van der Waals surface area (Å²) in [6.45, 7) is 10.4. The number of halogens is 1. The average molecular weight is 461 g/mol. The van der Waals surface area contributed by atoms with Gasteiger partial charge in [-0.05, 0) is 53.8 Å². The van der Waals surface area contributed by atoms with Crippen molar-refractivity contribution in [3.63, 3.8) is 0 Å². The lowest BCUT2D eigenvalue weighted by molar-refractivity contribution is 0.0242. The van der Waals surface area contributed by atoms with Gasteiger partial charge in [-0.25, -0.2) is 4.98 Å². The van der Waals surface area contributed by atoms with Gasteiger partial charge in [0.2, 0.25) is 5.89 Å². The zero-order valence-electron chi connectivity index (χ0n) is 18.9. The summed E-state index contributed by atoms with van der Waals surface area (Å²) in [5.41, 5.74) is 6.59. The lowest BCUT2D eigenvalue weighted by Crippen LogP contribution is -2.52. The van der Waals surface area contributed by atoms with Gasteiger partial charge >= 0.3 is 0 Å². The van der Waals surface area contributed by atoms with E-state index in [0.29, 0.717) is 17.9 Å². The van der Waals surface area contributed by atoms with Crippen molar-refractivity contribution in [2.45, 2.75) is 33.9 Å². The van der Waals surface area contributed by atoms with Gasteiger partial charge in [0.1, 0.15) is 17.8 Å². The molecule has 0 radical (unpaired) electrons. The average Bonchev–Trinajstić information content (AvgIpc) is 3.45. The molecule has 5 aromatic rings. The summed E-state index contributed by atoms with van der Waals surface area (Å²) in [5.74, 6) is 1.42. The highest BCUT2D eigenvalue weighted by Crippen LogP contribution is 2.32. The Morgan fingerprint density at radius 3 is 2.52 bits per heavy atom. The number of nitrogens with zero attached hydrogens (tertiary/aromatic N) is 6. The number of hydrogen-bond donors (Lipinski definition) is 0. The van der Waals surface area contributed by atoms with Crippen LogP contribution in [0.1, 0.15) is 30.8 Å². The number of likely N-dealkylation sites (tertiary alicyclic amines) is 1. The van der Waals surface area contributed by atoms with Crippen molar-refractivity contribution in [1.82, 2.24) is 29.0 Å². The minimum absolute atomic E-state index is 0.405. The van der Waals surface area contributed by atoms with Gasteiger partial charge in [0.15, 0.2) is 5.65 Å². The Hall–Kier alpha value is -3.16. The SMILES string of the molecule is Cc1nnc2ccc3c(cc(-c4ncco4)n3Cc3cc(Cl)cc(CN4CC(C)(C)C4)c3)n12. The van der Waals surface area contributed by atoms with E-state index in [4.69, 9.17) is 16.0 Å². The van der Waals surface area contributed by atoms with E-state index in [1.807, 2.05) is 19.1 Å². The van der Waals surface area contributed by atoms with Crippen LogP contribution in [0.4, 0.5) is 0 Å². The molecule has 0 atom stereocenters. The first-order chi connectivity index (χ1) is 15.9. The van der Waals surface area contributed by atoms with Crippen molar-refractivity contribution in [3.8, 4) is 11.6 Å². The fraction of sp³-hybridized carbons (Fsp3) is 0.320. The Morgan fingerprint density at radius 2 is 1.79 bits per heavy atom. The maximum absolute atomic E-state index is 6.55. The van der Waals surface area contributed by atoms with Gasteiger partial charge in [0, 0.05) is 31.2 Å². The molecule has 0 bridgehead atoms. The van der Waals surface area contributed by atoms with Crippen LogP contribution in [0, 0.1) is 12.3 Å². The first-order valence-corrected chi connectivity index (χ1v) is 11.5. The minimum atomic E-state index is 0.405. The summed E-state index contributed by atoms with van der Waals surface area (Å²) >= 11 is 6.55. The van der Waals surface area contributed by atoms with Gasteiger partial charge in [-0.15, -0.1) is 10.2 Å². The third kappa shape index (κ3) is 3.61. The molecule has 7 nitrogen and oxygen atoms in total. The van der Waals surface area contributed by atoms with Crippen molar-refractivity contribution in [3.05, 3.63) is 70.8 Å². The van der Waals surface area contributed by atoms with Gasteiger partial charge in [0.25, 0.3) is 0 Å². The van der Waals surface area contributed by atoms with E-state index >= 15 is 0 Å². The van der Waals surface area contributed by atoms with E-state index in [-0.39, 0.29) is 0 Å². The summed E-state index contributed by atoms with van der Waals surface area (Å²) in [5, 5.41) is 9.28. The number of rotatable bonds is 5. The molecule has 0 unspecified atom stereocenters. The van der Waals surface area contributed by atoms with E-state index in [1.165, 1.54) is 5.56 Å². The Bertz CT molecular complexity index is 1470. The fourth-order valence-electron chi connectivity index (χ4n) is 5.16. The highest BCUT2D eigenvalue weighted by atomic mass is 35.5. The van der Waals surface area contributed by atoms with Crippen LogP contribution in [0.15, 0.2) is 53.3 Å². The quantitative estimate of drug-likeness (QED) is 0.361. The van der Waals surface area contributed by atoms with Crippen LogP contribution >= 0.6 is 11.6 Å². The maximum atomic E-state index is 6.55. The fourth-order valence-corrected chi connectivity index (χ4v) is 5.44. The van der Waals surface area contributed by atoms with Crippen molar-refractivity contribution in [2.24, 2.45) is 5.41 Å². The number of oxazole rings is 1. The molecule has 0 spiro atoms. The number of aromatic nitrogens is 5. The predicted molar refractivity (Wildman–Crippen MR) is 128 cm³/mol. The van der Waals surface area contributed by atoms with Crippen LogP contribution in [0.25, 0.3) is 28.3 Å². The molecule has 1 aliphatic rings. The zero-order chi connectivity index (χ0) is 22.7. The Kier molecular flexibility index (Phi) is 4.61. The van der Waals surface area contributed by atoms with Gasteiger partial charge < -0.3 is 8.98 Å². The standard InChI is InChI=1S/C25H25ClN6O/c1-16-28-29-23-5-4-20-21(32(16)23)11-22(24-27-6-7-33-24)31(20)13-18-8-17(9-19(26)10-18)12-30-14-25(2,3)15-30/h4-11H,12-15H2,1-3H3. The first-order valence-electron chi connectivity index (χ1n) is 11.1. The number of fused-ring (bicyclic) bond motifs is 3. The Balaban J connectivity index is 1.43. The van der Waals surface area contributed by atoms with E-state index in [0.717, 1.165) is 58.4 Å². The molecule has 1 fully saturated rings. The minimum Gasteiger partial charge on any atom is -0.443 e.